The molecule has 0 saturated heterocycles. The smallest absolute Gasteiger partial charge is 0.0596 e. The molecule has 0 spiro atoms. The standard InChI is InChI=1S/C8H16N2/c1-6-7(2,3)8(4,5)10-9-6/h10H,1-5H3. The highest BCUT2D eigenvalue weighted by Gasteiger charge is 2.43. The summed E-state index contributed by atoms with van der Waals surface area (Å²) in [5.41, 5.74) is 4.61. The minimum absolute atomic E-state index is 0.108. The van der Waals surface area contributed by atoms with Crippen LogP contribution in [0, 0.1) is 5.41 Å². The highest BCUT2D eigenvalue weighted by Crippen LogP contribution is 2.35. The molecule has 2 heteroatoms. The van der Waals surface area contributed by atoms with Gasteiger partial charge in [0, 0.05) is 11.1 Å². The van der Waals surface area contributed by atoms with Crippen LogP contribution in [0.5, 0.6) is 0 Å². The lowest BCUT2D eigenvalue weighted by Gasteiger charge is -2.34. The van der Waals surface area contributed by atoms with Crippen molar-refractivity contribution in [3.05, 3.63) is 0 Å². The highest BCUT2D eigenvalue weighted by molar-refractivity contribution is 5.90. The first-order valence-corrected chi connectivity index (χ1v) is 3.70. The van der Waals surface area contributed by atoms with Crippen molar-refractivity contribution in [2.24, 2.45) is 10.5 Å². The number of hydrogen-bond donors (Lipinski definition) is 1. The van der Waals surface area contributed by atoms with Gasteiger partial charge in [-0.1, -0.05) is 13.8 Å². The summed E-state index contributed by atoms with van der Waals surface area (Å²) in [4.78, 5) is 0. The molecule has 0 aromatic heterocycles. The zero-order chi connectivity index (χ0) is 7.99. The van der Waals surface area contributed by atoms with Crippen molar-refractivity contribution >= 4 is 5.71 Å². The van der Waals surface area contributed by atoms with Crippen molar-refractivity contribution in [2.45, 2.75) is 40.2 Å². The monoisotopic (exact) mass is 140 g/mol. The maximum absolute atomic E-state index is 4.21. The lowest BCUT2D eigenvalue weighted by Crippen LogP contribution is -2.46. The van der Waals surface area contributed by atoms with E-state index in [1.165, 1.54) is 5.71 Å². The van der Waals surface area contributed by atoms with E-state index in [1.807, 2.05) is 0 Å². The average Bonchev–Trinajstić information content (AvgIpc) is 1.94. The zero-order valence-corrected chi connectivity index (χ0v) is 7.45. The molecule has 1 N–H and O–H groups in total. The second-order valence-corrected chi connectivity index (χ2v) is 4.06. The quantitative estimate of drug-likeness (QED) is 0.545. The van der Waals surface area contributed by atoms with E-state index in [-0.39, 0.29) is 11.0 Å². The van der Waals surface area contributed by atoms with Crippen molar-refractivity contribution in [2.75, 3.05) is 0 Å². The van der Waals surface area contributed by atoms with Crippen LogP contribution in [-0.2, 0) is 0 Å². The summed E-state index contributed by atoms with van der Waals surface area (Å²) < 4.78 is 0. The van der Waals surface area contributed by atoms with Crippen LogP contribution in [0.15, 0.2) is 5.10 Å². The third-order valence-electron chi connectivity index (χ3n) is 2.97. The Balaban J connectivity index is 2.96. The van der Waals surface area contributed by atoms with Crippen molar-refractivity contribution in [3.63, 3.8) is 0 Å². The minimum Gasteiger partial charge on any atom is -0.304 e. The molecule has 0 unspecified atom stereocenters. The van der Waals surface area contributed by atoms with E-state index in [0.29, 0.717) is 0 Å². The van der Waals surface area contributed by atoms with Crippen LogP contribution < -0.4 is 5.43 Å². The van der Waals surface area contributed by atoms with Gasteiger partial charge in [0.15, 0.2) is 0 Å². The Kier molecular flexibility index (Phi) is 1.32. The third kappa shape index (κ3) is 0.746. The van der Waals surface area contributed by atoms with Crippen LogP contribution in [0.25, 0.3) is 0 Å². The van der Waals surface area contributed by atoms with E-state index in [1.54, 1.807) is 0 Å². The average molecular weight is 140 g/mol. The van der Waals surface area contributed by atoms with E-state index in [9.17, 15) is 0 Å². The van der Waals surface area contributed by atoms with Crippen LogP contribution in [0.1, 0.15) is 34.6 Å². The van der Waals surface area contributed by atoms with Crippen LogP contribution in [-0.4, -0.2) is 11.3 Å². The highest BCUT2D eigenvalue weighted by atomic mass is 15.4. The summed E-state index contributed by atoms with van der Waals surface area (Å²) in [6.07, 6.45) is 0. The van der Waals surface area contributed by atoms with Crippen LogP contribution in [0.3, 0.4) is 0 Å². The fourth-order valence-corrected chi connectivity index (χ4v) is 0.955. The molecule has 0 atom stereocenters. The lowest BCUT2D eigenvalue weighted by atomic mass is 9.73. The molecule has 1 aliphatic heterocycles. The second-order valence-electron chi connectivity index (χ2n) is 4.06. The lowest BCUT2D eigenvalue weighted by molar-refractivity contribution is 0.266. The Hall–Kier alpha value is -0.530. The molecule has 0 bridgehead atoms. The molecule has 0 aromatic rings. The predicted octanol–water partition coefficient (Wildman–Crippen LogP) is 1.77. The third-order valence-corrected chi connectivity index (χ3v) is 2.97. The molecular formula is C8H16N2. The summed E-state index contributed by atoms with van der Waals surface area (Å²) in [5.74, 6) is 0. The summed E-state index contributed by atoms with van der Waals surface area (Å²) in [5, 5.41) is 4.21. The minimum atomic E-state index is 0.108. The molecule has 0 saturated carbocycles. The van der Waals surface area contributed by atoms with Gasteiger partial charge in [-0.25, -0.2) is 0 Å². The molecule has 10 heavy (non-hydrogen) atoms. The summed E-state index contributed by atoms with van der Waals surface area (Å²) in [6, 6.07) is 0. The predicted molar refractivity (Wildman–Crippen MR) is 44.1 cm³/mol. The first-order chi connectivity index (χ1) is 4.38. The molecule has 0 fully saturated rings. The van der Waals surface area contributed by atoms with Gasteiger partial charge in [-0.2, -0.15) is 5.10 Å². The van der Waals surface area contributed by atoms with Gasteiger partial charge in [-0.15, -0.1) is 0 Å². The van der Waals surface area contributed by atoms with E-state index < -0.39 is 0 Å². The summed E-state index contributed by atoms with van der Waals surface area (Å²) in [7, 11) is 0. The van der Waals surface area contributed by atoms with Crippen molar-refractivity contribution in [1.29, 1.82) is 0 Å². The van der Waals surface area contributed by atoms with E-state index in [2.05, 4.69) is 45.1 Å². The molecule has 58 valence electrons. The summed E-state index contributed by atoms with van der Waals surface area (Å²) >= 11 is 0. The maximum atomic E-state index is 4.21. The van der Waals surface area contributed by atoms with Gasteiger partial charge in [0.1, 0.15) is 0 Å². The van der Waals surface area contributed by atoms with Crippen molar-refractivity contribution in [1.82, 2.24) is 5.43 Å². The van der Waals surface area contributed by atoms with Gasteiger partial charge in [0.05, 0.1) is 5.54 Å². The Morgan fingerprint density at radius 3 is 1.80 bits per heavy atom. The molecule has 1 aliphatic rings. The molecule has 2 nitrogen and oxygen atoms in total. The van der Waals surface area contributed by atoms with Crippen LogP contribution in [0.4, 0.5) is 0 Å². The van der Waals surface area contributed by atoms with Crippen LogP contribution in [0.2, 0.25) is 0 Å². The first-order valence-electron chi connectivity index (χ1n) is 3.70. The molecule has 1 rings (SSSR count). The van der Waals surface area contributed by atoms with Gasteiger partial charge in [0.2, 0.25) is 0 Å². The van der Waals surface area contributed by atoms with Gasteiger partial charge in [-0.3, -0.25) is 0 Å². The molecule has 0 aromatic carbocycles. The van der Waals surface area contributed by atoms with Crippen LogP contribution >= 0.6 is 0 Å². The number of nitrogens with one attached hydrogen (secondary N) is 1. The summed E-state index contributed by atoms with van der Waals surface area (Å²) in [6.45, 7) is 10.8. The zero-order valence-electron chi connectivity index (χ0n) is 7.45. The normalized spacial score (nSPS) is 27.5. The van der Waals surface area contributed by atoms with Gasteiger partial charge < -0.3 is 5.43 Å². The number of hydrogen-bond acceptors (Lipinski definition) is 2. The number of hydrazone groups is 1. The van der Waals surface area contributed by atoms with E-state index in [0.717, 1.165) is 0 Å². The van der Waals surface area contributed by atoms with Crippen molar-refractivity contribution in [3.8, 4) is 0 Å². The van der Waals surface area contributed by atoms with Crippen molar-refractivity contribution < 1.29 is 0 Å². The maximum Gasteiger partial charge on any atom is 0.0596 e. The SMILES string of the molecule is CC1=NNC(C)(C)C1(C)C. The van der Waals surface area contributed by atoms with Gasteiger partial charge >= 0.3 is 0 Å². The molecule has 1 heterocycles. The molecule has 0 radical (unpaired) electrons. The first kappa shape index (κ1) is 7.58. The van der Waals surface area contributed by atoms with Gasteiger partial charge in [-0.05, 0) is 20.8 Å². The molecule has 0 amide bonds. The Bertz CT molecular complexity index is 178. The number of nitrogens with zero attached hydrogens (tertiary/aromatic N) is 1. The Morgan fingerprint density at radius 2 is 1.70 bits per heavy atom. The molecular weight excluding hydrogens is 124 g/mol. The Labute approximate surface area is 62.7 Å². The van der Waals surface area contributed by atoms with E-state index >= 15 is 0 Å². The van der Waals surface area contributed by atoms with Gasteiger partial charge in [0.25, 0.3) is 0 Å². The number of rotatable bonds is 0. The topological polar surface area (TPSA) is 24.4 Å². The van der Waals surface area contributed by atoms with E-state index in [4.69, 9.17) is 0 Å². The fourth-order valence-electron chi connectivity index (χ4n) is 0.955. The fraction of sp³-hybridized carbons (Fsp3) is 0.875. The molecule has 0 aliphatic carbocycles. The largest absolute Gasteiger partial charge is 0.304 e. The second kappa shape index (κ2) is 1.74. The Morgan fingerprint density at radius 1 is 1.20 bits per heavy atom.